The quantitative estimate of drug-likeness (QED) is 0.876. The second-order valence-corrected chi connectivity index (χ2v) is 5.89. The molecule has 0 amide bonds. The second-order valence-electron chi connectivity index (χ2n) is 4.18. The van der Waals surface area contributed by atoms with Gasteiger partial charge in [-0.2, -0.15) is 0 Å². The first-order valence-corrected chi connectivity index (χ1v) is 6.73. The fraction of sp³-hybridized carbons (Fsp3) is 0.500. The van der Waals surface area contributed by atoms with Crippen LogP contribution in [-0.4, -0.2) is 31.9 Å². The summed E-state index contributed by atoms with van der Waals surface area (Å²) in [6.45, 7) is 3.29. The van der Waals surface area contributed by atoms with Crippen molar-refractivity contribution in [3.63, 3.8) is 0 Å². The molecule has 16 heavy (non-hydrogen) atoms. The largest absolute Gasteiger partial charge is 0.370 e. The van der Waals surface area contributed by atoms with Crippen molar-refractivity contribution in [2.24, 2.45) is 0 Å². The molecule has 0 aromatic heterocycles. The van der Waals surface area contributed by atoms with E-state index in [1.54, 1.807) is 0 Å². The van der Waals surface area contributed by atoms with Crippen molar-refractivity contribution in [2.45, 2.75) is 23.1 Å². The summed E-state index contributed by atoms with van der Waals surface area (Å²) < 4.78 is 0. The maximum atomic E-state index is 6.04. The maximum Gasteiger partial charge on any atom is 0.0505 e. The van der Waals surface area contributed by atoms with Crippen molar-refractivity contribution < 1.29 is 0 Å². The van der Waals surface area contributed by atoms with Crippen molar-refractivity contribution in [1.82, 2.24) is 5.32 Å². The average molecular weight is 257 g/mol. The Morgan fingerprint density at radius 1 is 1.50 bits per heavy atom. The van der Waals surface area contributed by atoms with E-state index in [-0.39, 0.29) is 0 Å². The number of fused-ring (bicyclic) bond motifs is 1. The van der Waals surface area contributed by atoms with E-state index in [0.29, 0.717) is 11.3 Å². The van der Waals surface area contributed by atoms with Crippen LogP contribution in [0, 0.1) is 0 Å². The number of rotatable bonds is 2. The lowest BCUT2D eigenvalue weighted by Crippen LogP contribution is -2.44. The Hall–Kier alpha value is -0.380. The van der Waals surface area contributed by atoms with Crippen LogP contribution in [0.25, 0.3) is 0 Å². The van der Waals surface area contributed by atoms with Crippen LogP contribution in [-0.2, 0) is 0 Å². The molecule has 0 radical (unpaired) electrons. The van der Waals surface area contributed by atoms with Crippen LogP contribution in [0.5, 0.6) is 0 Å². The normalized spacial score (nSPS) is 24.4. The highest BCUT2D eigenvalue weighted by atomic mass is 35.5. The van der Waals surface area contributed by atoms with Crippen LogP contribution in [0.2, 0.25) is 5.02 Å². The van der Waals surface area contributed by atoms with Gasteiger partial charge >= 0.3 is 0 Å². The van der Waals surface area contributed by atoms with Gasteiger partial charge in [0.1, 0.15) is 0 Å². The minimum atomic E-state index is 0.533. The summed E-state index contributed by atoms with van der Waals surface area (Å²) in [5.41, 5.74) is 1.29. The van der Waals surface area contributed by atoms with Gasteiger partial charge < -0.3 is 10.2 Å². The molecule has 4 heteroatoms. The minimum Gasteiger partial charge on any atom is -0.370 e. The molecule has 0 saturated carbocycles. The highest BCUT2D eigenvalue weighted by molar-refractivity contribution is 8.00. The summed E-state index contributed by atoms with van der Waals surface area (Å²) in [5, 5.41) is 4.64. The molecule has 2 unspecified atom stereocenters. The molecule has 0 aliphatic carbocycles. The molecule has 88 valence electrons. The monoisotopic (exact) mass is 256 g/mol. The Morgan fingerprint density at radius 2 is 2.25 bits per heavy atom. The van der Waals surface area contributed by atoms with Crippen LogP contribution in [0.1, 0.15) is 6.92 Å². The summed E-state index contributed by atoms with van der Waals surface area (Å²) in [4.78, 5) is 3.62. The molecule has 0 spiro atoms. The van der Waals surface area contributed by atoms with Gasteiger partial charge in [-0.05, 0) is 32.2 Å². The van der Waals surface area contributed by atoms with E-state index < -0.39 is 0 Å². The molecule has 1 aromatic rings. The molecule has 0 bridgehead atoms. The Balaban J connectivity index is 2.32. The fourth-order valence-electron chi connectivity index (χ4n) is 2.02. The highest BCUT2D eigenvalue weighted by Crippen LogP contribution is 2.41. The molecule has 2 rings (SSSR count). The number of anilines is 1. The molecule has 1 aliphatic rings. The standard InChI is InChI=1S/C12H17ClN2S/c1-8-12(7-14-2)16-11-6-9(13)4-5-10(11)15(8)3/h4-6,8,12,14H,7H2,1-3H3. The van der Waals surface area contributed by atoms with Crippen LogP contribution in [0.15, 0.2) is 23.1 Å². The Morgan fingerprint density at radius 3 is 2.94 bits per heavy atom. The molecular weight excluding hydrogens is 240 g/mol. The van der Waals surface area contributed by atoms with E-state index in [1.807, 2.05) is 24.9 Å². The first kappa shape index (κ1) is 12.1. The number of halogens is 1. The maximum absolute atomic E-state index is 6.04. The smallest absolute Gasteiger partial charge is 0.0505 e. The van der Waals surface area contributed by atoms with Crippen molar-refractivity contribution in [1.29, 1.82) is 0 Å². The number of hydrogen-bond acceptors (Lipinski definition) is 3. The molecule has 1 aliphatic heterocycles. The molecule has 2 nitrogen and oxygen atoms in total. The molecule has 2 atom stereocenters. The number of benzene rings is 1. The predicted molar refractivity (Wildman–Crippen MR) is 72.9 cm³/mol. The van der Waals surface area contributed by atoms with Gasteiger partial charge in [0.25, 0.3) is 0 Å². The van der Waals surface area contributed by atoms with Crippen molar-refractivity contribution in [2.75, 3.05) is 25.5 Å². The van der Waals surface area contributed by atoms with E-state index in [4.69, 9.17) is 11.6 Å². The summed E-state index contributed by atoms with van der Waals surface area (Å²) in [6.07, 6.45) is 0. The van der Waals surface area contributed by atoms with Crippen LogP contribution >= 0.6 is 23.4 Å². The Labute approximate surface area is 106 Å². The lowest BCUT2D eigenvalue weighted by Gasteiger charge is -2.39. The Kier molecular flexibility index (Phi) is 3.67. The topological polar surface area (TPSA) is 15.3 Å². The van der Waals surface area contributed by atoms with Gasteiger partial charge in [0.15, 0.2) is 0 Å². The summed E-state index contributed by atoms with van der Waals surface area (Å²) in [7, 11) is 4.15. The Bertz CT molecular complexity index is 383. The van der Waals surface area contributed by atoms with E-state index >= 15 is 0 Å². The molecule has 0 saturated heterocycles. The summed E-state index contributed by atoms with van der Waals surface area (Å²) >= 11 is 7.96. The highest BCUT2D eigenvalue weighted by Gasteiger charge is 2.29. The number of hydrogen-bond donors (Lipinski definition) is 1. The first-order valence-electron chi connectivity index (χ1n) is 5.47. The van der Waals surface area contributed by atoms with Gasteiger partial charge in [0, 0.05) is 34.8 Å². The van der Waals surface area contributed by atoms with Crippen LogP contribution in [0.4, 0.5) is 5.69 Å². The predicted octanol–water partition coefficient (Wildman–Crippen LogP) is 2.86. The van der Waals surface area contributed by atoms with Crippen molar-refractivity contribution >= 4 is 29.1 Å². The third kappa shape index (κ3) is 2.17. The number of nitrogens with one attached hydrogen (secondary N) is 1. The summed E-state index contributed by atoms with van der Waals surface area (Å²) in [5.74, 6) is 0. The van der Waals surface area contributed by atoms with E-state index in [2.05, 4.69) is 36.3 Å². The third-order valence-corrected chi connectivity index (χ3v) is 4.81. The molecular formula is C12H17ClN2S. The van der Waals surface area contributed by atoms with Crippen LogP contribution in [0.3, 0.4) is 0 Å². The van der Waals surface area contributed by atoms with E-state index in [0.717, 1.165) is 11.6 Å². The average Bonchev–Trinajstić information content (AvgIpc) is 2.25. The zero-order valence-corrected chi connectivity index (χ0v) is 11.4. The SMILES string of the molecule is CNCC1Sc2cc(Cl)ccc2N(C)C1C. The minimum absolute atomic E-state index is 0.533. The summed E-state index contributed by atoms with van der Waals surface area (Å²) in [6, 6.07) is 6.66. The zero-order chi connectivity index (χ0) is 11.7. The zero-order valence-electron chi connectivity index (χ0n) is 9.83. The molecule has 1 aromatic carbocycles. The number of nitrogens with zero attached hydrogens (tertiary/aromatic N) is 1. The van der Waals surface area contributed by atoms with Gasteiger partial charge in [-0.3, -0.25) is 0 Å². The van der Waals surface area contributed by atoms with Gasteiger partial charge in [0.05, 0.1) is 5.69 Å². The fourth-order valence-corrected chi connectivity index (χ4v) is 3.74. The second kappa shape index (κ2) is 4.86. The van der Waals surface area contributed by atoms with Crippen molar-refractivity contribution in [3.05, 3.63) is 23.2 Å². The number of thioether (sulfide) groups is 1. The van der Waals surface area contributed by atoms with Crippen molar-refractivity contribution in [3.8, 4) is 0 Å². The van der Waals surface area contributed by atoms with Gasteiger partial charge in [-0.15, -0.1) is 11.8 Å². The van der Waals surface area contributed by atoms with Gasteiger partial charge in [-0.1, -0.05) is 11.6 Å². The lowest BCUT2D eigenvalue weighted by atomic mass is 10.1. The van der Waals surface area contributed by atoms with E-state index in [1.165, 1.54) is 10.6 Å². The first-order chi connectivity index (χ1) is 7.63. The van der Waals surface area contributed by atoms with E-state index in [9.17, 15) is 0 Å². The third-order valence-electron chi connectivity index (χ3n) is 3.13. The molecule has 0 fully saturated rings. The van der Waals surface area contributed by atoms with Gasteiger partial charge in [-0.25, -0.2) is 0 Å². The molecule has 1 heterocycles. The molecule has 1 N–H and O–H groups in total. The lowest BCUT2D eigenvalue weighted by molar-refractivity contribution is 0.603. The van der Waals surface area contributed by atoms with Gasteiger partial charge in [0.2, 0.25) is 0 Å². The van der Waals surface area contributed by atoms with Crippen LogP contribution < -0.4 is 10.2 Å².